The predicted octanol–water partition coefficient (Wildman–Crippen LogP) is 3.15. The minimum atomic E-state index is -0.376. The Morgan fingerprint density at radius 3 is 2.62 bits per heavy atom. The maximum Gasteiger partial charge on any atom is 0.287 e. The molecule has 1 heterocycles. The quantitative estimate of drug-likeness (QED) is 0.757. The highest BCUT2D eigenvalue weighted by atomic mass is 16.3. The van der Waals surface area contributed by atoms with Crippen LogP contribution in [0.1, 0.15) is 29.5 Å². The molecule has 5 nitrogen and oxygen atoms in total. The van der Waals surface area contributed by atoms with Crippen LogP contribution in [-0.2, 0) is 4.79 Å². The number of nitrogens with one attached hydrogen (secondary N) is 2. The lowest BCUT2D eigenvalue weighted by Crippen LogP contribution is -2.37. The van der Waals surface area contributed by atoms with Gasteiger partial charge in [-0.15, -0.1) is 0 Å². The molecular weight excluding hydrogens is 304 g/mol. The fraction of sp³-hybridized carbons (Fsp3) is 0.263. The highest BCUT2D eigenvalue weighted by Crippen LogP contribution is 2.31. The minimum absolute atomic E-state index is 0.0595. The number of aryl methyl sites for hydroxylation is 1. The Morgan fingerprint density at radius 1 is 1.04 bits per heavy atom. The lowest BCUT2D eigenvalue weighted by molar-refractivity contribution is -0.120. The van der Waals surface area contributed by atoms with Crippen LogP contribution in [0.4, 0.5) is 0 Å². The number of rotatable bonds is 5. The van der Waals surface area contributed by atoms with Gasteiger partial charge in [-0.1, -0.05) is 43.3 Å². The lowest BCUT2D eigenvalue weighted by Gasteiger charge is -2.04. The number of fused-ring (bicyclic) bond motifs is 3. The van der Waals surface area contributed by atoms with Crippen LogP contribution >= 0.6 is 0 Å². The molecule has 1 aromatic heterocycles. The molecular formula is C19H20N2O3. The Bertz CT molecular complexity index is 912. The van der Waals surface area contributed by atoms with Gasteiger partial charge in [0, 0.05) is 22.9 Å². The fourth-order valence-corrected chi connectivity index (χ4v) is 2.73. The van der Waals surface area contributed by atoms with Crippen LogP contribution in [-0.4, -0.2) is 24.9 Å². The van der Waals surface area contributed by atoms with Crippen molar-refractivity contribution < 1.29 is 14.0 Å². The molecule has 0 bridgehead atoms. The number of carbonyl (C=O) groups is 2. The van der Waals surface area contributed by atoms with E-state index in [0.717, 1.165) is 28.1 Å². The average molecular weight is 324 g/mol. The molecule has 0 aliphatic carbocycles. The van der Waals surface area contributed by atoms with Gasteiger partial charge in [-0.25, -0.2) is 0 Å². The van der Waals surface area contributed by atoms with E-state index in [1.165, 1.54) is 0 Å². The van der Waals surface area contributed by atoms with Gasteiger partial charge < -0.3 is 15.1 Å². The summed E-state index contributed by atoms with van der Waals surface area (Å²) in [7, 11) is 0. The number of furan rings is 1. The number of carbonyl (C=O) groups excluding carboxylic acids is 2. The van der Waals surface area contributed by atoms with Gasteiger partial charge in [0.1, 0.15) is 5.58 Å². The molecule has 5 heteroatoms. The van der Waals surface area contributed by atoms with E-state index in [1.807, 2.05) is 50.2 Å². The molecule has 0 saturated heterocycles. The van der Waals surface area contributed by atoms with Crippen LogP contribution in [0.15, 0.2) is 40.8 Å². The molecule has 0 unspecified atom stereocenters. The number of hydrogen-bond donors (Lipinski definition) is 2. The van der Waals surface area contributed by atoms with Gasteiger partial charge in [-0.2, -0.15) is 0 Å². The number of amides is 2. The van der Waals surface area contributed by atoms with Crippen LogP contribution in [0, 0.1) is 6.92 Å². The molecule has 24 heavy (non-hydrogen) atoms. The zero-order valence-electron chi connectivity index (χ0n) is 13.8. The van der Waals surface area contributed by atoms with Crippen LogP contribution in [0.5, 0.6) is 0 Å². The topological polar surface area (TPSA) is 71.3 Å². The summed E-state index contributed by atoms with van der Waals surface area (Å²) in [5.41, 5.74) is 1.48. The van der Waals surface area contributed by atoms with E-state index in [-0.39, 0.29) is 24.1 Å². The number of benzene rings is 2. The Kier molecular flexibility index (Phi) is 4.51. The van der Waals surface area contributed by atoms with Gasteiger partial charge in [0.05, 0.1) is 6.54 Å². The Labute approximate surface area is 140 Å². The molecule has 2 amide bonds. The van der Waals surface area contributed by atoms with Crippen molar-refractivity contribution >= 4 is 33.6 Å². The van der Waals surface area contributed by atoms with Crippen molar-refractivity contribution in [2.45, 2.75) is 20.3 Å². The van der Waals surface area contributed by atoms with E-state index >= 15 is 0 Å². The summed E-state index contributed by atoms with van der Waals surface area (Å²) in [6.45, 7) is 4.37. The van der Waals surface area contributed by atoms with Crippen molar-refractivity contribution in [1.82, 2.24) is 10.6 Å². The van der Waals surface area contributed by atoms with E-state index in [1.54, 1.807) is 0 Å². The largest absolute Gasteiger partial charge is 0.450 e. The third-order valence-electron chi connectivity index (χ3n) is 4.02. The van der Waals surface area contributed by atoms with Gasteiger partial charge in [-0.3, -0.25) is 9.59 Å². The van der Waals surface area contributed by atoms with E-state index in [4.69, 9.17) is 4.42 Å². The molecule has 2 N–H and O–H groups in total. The summed E-state index contributed by atoms with van der Waals surface area (Å²) in [4.78, 5) is 24.0. The third kappa shape index (κ3) is 2.97. The normalized spacial score (nSPS) is 10.9. The van der Waals surface area contributed by atoms with Crippen LogP contribution in [0.25, 0.3) is 21.7 Å². The Morgan fingerprint density at radius 2 is 1.83 bits per heavy atom. The van der Waals surface area contributed by atoms with Crippen molar-refractivity contribution in [2.24, 2.45) is 0 Å². The first-order valence-electron chi connectivity index (χ1n) is 8.07. The standard InChI is InChI=1S/C19H20N2O3/c1-3-10-20-16(22)11-21-19(23)17-12(2)14-9-8-13-6-4-5-7-15(13)18(14)24-17/h4-9H,3,10-11H2,1-2H3,(H,20,22)(H,21,23). The van der Waals surface area contributed by atoms with Crippen molar-refractivity contribution in [3.63, 3.8) is 0 Å². The molecule has 3 aromatic rings. The maximum absolute atomic E-state index is 12.4. The highest BCUT2D eigenvalue weighted by Gasteiger charge is 2.19. The summed E-state index contributed by atoms with van der Waals surface area (Å²) in [5, 5.41) is 8.27. The first kappa shape index (κ1) is 16.1. The van der Waals surface area contributed by atoms with E-state index in [2.05, 4.69) is 10.6 Å². The second kappa shape index (κ2) is 6.74. The molecule has 2 aromatic carbocycles. The first-order valence-corrected chi connectivity index (χ1v) is 8.07. The third-order valence-corrected chi connectivity index (χ3v) is 4.02. The zero-order valence-corrected chi connectivity index (χ0v) is 13.8. The monoisotopic (exact) mass is 324 g/mol. The minimum Gasteiger partial charge on any atom is -0.450 e. The highest BCUT2D eigenvalue weighted by molar-refractivity contribution is 6.09. The van der Waals surface area contributed by atoms with Crippen LogP contribution < -0.4 is 10.6 Å². The molecule has 0 saturated carbocycles. The maximum atomic E-state index is 12.4. The Hall–Kier alpha value is -2.82. The Balaban J connectivity index is 1.87. The molecule has 3 rings (SSSR count). The molecule has 124 valence electrons. The van der Waals surface area contributed by atoms with Crippen molar-refractivity contribution in [3.8, 4) is 0 Å². The van der Waals surface area contributed by atoms with E-state index in [9.17, 15) is 9.59 Å². The smallest absolute Gasteiger partial charge is 0.287 e. The van der Waals surface area contributed by atoms with Gasteiger partial charge in [-0.05, 0) is 18.7 Å². The molecule has 0 aliphatic rings. The summed E-state index contributed by atoms with van der Waals surface area (Å²) in [6, 6.07) is 11.9. The molecule has 0 aliphatic heterocycles. The van der Waals surface area contributed by atoms with Crippen molar-refractivity contribution in [1.29, 1.82) is 0 Å². The summed E-state index contributed by atoms with van der Waals surface area (Å²) < 4.78 is 5.84. The number of hydrogen-bond acceptors (Lipinski definition) is 3. The summed E-state index contributed by atoms with van der Waals surface area (Å²) >= 11 is 0. The molecule has 0 spiro atoms. The fourth-order valence-electron chi connectivity index (χ4n) is 2.73. The lowest BCUT2D eigenvalue weighted by atomic mass is 10.1. The van der Waals surface area contributed by atoms with Crippen molar-refractivity contribution in [3.05, 3.63) is 47.7 Å². The zero-order chi connectivity index (χ0) is 17.1. The summed E-state index contributed by atoms with van der Waals surface area (Å²) in [5.74, 6) is -0.325. The second-order valence-corrected chi connectivity index (χ2v) is 5.75. The molecule has 0 radical (unpaired) electrons. The van der Waals surface area contributed by atoms with E-state index < -0.39 is 0 Å². The van der Waals surface area contributed by atoms with Gasteiger partial charge in [0.25, 0.3) is 5.91 Å². The molecule has 0 atom stereocenters. The summed E-state index contributed by atoms with van der Waals surface area (Å²) in [6.07, 6.45) is 0.857. The van der Waals surface area contributed by atoms with Crippen LogP contribution in [0.2, 0.25) is 0 Å². The van der Waals surface area contributed by atoms with Gasteiger partial charge >= 0.3 is 0 Å². The second-order valence-electron chi connectivity index (χ2n) is 5.75. The van der Waals surface area contributed by atoms with Gasteiger partial charge in [0.2, 0.25) is 5.91 Å². The average Bonchev–Trinajstić information content (AvgIpc) is 2.95. The first-order chi connectivity index (χ1) is 11.6. The van der Waals surface area contributed by atoms with E-state index in [0.29, 0.717) is 12.1 Å². The van der Waals surface area contributed by atoms with Gasteiger partial charge in [0.15, 0.2) is 5.76 Å². The van der Waals surface area contributed by atoms with Crippen LogP contribution in [0.3, 0.4) is 0 Å². The predicted molar refractivity (Wildman–Crippen MR) is 94.1 cm³/mol. The SMILES string of the molecule is CCCNC(=O)CNC(=O)c1oc2c(ccc3ccccc32)c1C. The van der Waals surface area contributed by atoms with Crippen molar-refractivity contribution in [2.75, 3.05) is 13.1 Å². The molecule has 0 fully saturated rings.